The van der Waals surface area contributed by atoms with Gasteiger partial charge in [0.05, 0.1) is 4.92 Å². The van der Waals surface area contributed by atoms with Crippen molar-refractivity contribution in [3.05, 3.63) is 45.8 Å². The van der Waals surface area contributed by atoms with Gasteiger partial charge in [-0.05, 0) is 12.1 Å². The summed E-state index contributed by atoms with van der Waals surface area (Å²) in [5, 5.41) is 17.1. The van der Waals surface area contributed by atoms with Crippen LogP contribution in [0.4, 0.5) is 24.5 Å². The average Bonchev–Trinajstić information content (AvgIpc) is 2.84. The van der Waals surface area contributed by atoms with Crippen molar-refractivity contribution >= 4 is 21.2 Å². The van der Waals surface area contributed by atoms with Crippen LogP contribution in [0.2, 0.25) is 0 Å². The van der Waals surface area contributed by atoms with E-state index in [9.17, 15) is 31.7 Å². The van der Waals surface area contributed by atoms with Crippen LogP contribution in [0.25, 0.3) is 0 Å². The van der Waals surface area contributed by atoms with E-state index in [0.717, 1.165) is 23.2 Å². The number of para-hydroxylation sites is 1. The van der Waals surface area contributed by atoms with Crippen LogP contribution in [0.1, 0.15) is 11.3 Å². The maximum Gasteiger partial charge on any atom is 0.435 e. The molecular weight excluding hydrogens is 365 g/mol. The smallest absolute Gasteiger partial charge is 0.375 e. The summed E-state index contributed by atoms with van der Waals surface area (Å²) >= 11 is 0. The molecule has 0 bridgehead atoms. The Morgan fingerprint density at radius 1 is 1.36 bits per heavy atom. The van der Waals surface area contributed by atoms with Crippen molar-refractivity contribution in [3.8, 4) is 0 Å². The molecule has 0 spiro atoms. The van der Waals surface area contributed by atoms with E-state index < -0.39 is 43.8 Å². The Bertz CT molecular complexity index is 922. The molecular formula is C13H13F3N4O4S. The van der Waals surface area contributed by atoms with Crippen LogP contribution >= 0.6 is 0 Å². The number of aryl methyl sites for hydroxylation is 1. The summed E-state index contributed by atoms with van der Waals surface area (Å²) in [6, 6.07) is 3.54. The van der Waals surface area contributed by atoms with Gasteiger partial charge in [0, 0.05) is 31.6 Å². The van der Waals surface area contributed by atoms with Gasteiger partial charge in [0.1, 0.15) is 10.6 Å². The minimum Gasteiger partial charge on any atom is -0.375 e. The number of nitro benzene ring substituents is 1. The van der Waals surface area contributed by atoms with E-state index >= 15 is 0 Å². The van der Waals surface area contributed by atoms with Crippen molar-refractivity contribution in [2.24, 2.45) is 7.05 Å². The zero-order valence-electron chi connectivity index (χ0n) is 13.0. The van der Waals surface area contributed by atoms with Crippen molar-refractivity contribution in [1.82, 2.24) is 9.78 Å². The summed E-state index contributed by atoms with van der Waals surface area (Å²) in [5.74, 6) is 0. The summed E-state index contributed by atoms with van der Waals surface area (Å²) in [7, 11) is -2.58. The Balaban J connectivity index is 2.42. The van der Waals surface area contributed by atoms with Crippen molar-refractivity contribution in [2.75, 3.05) is 11.6 Å². The van der Waals surface area contributed by atoms with E-state index in [1.54, 1.807) is 0 Å². The highest BCUT2D eigenvalue weighted by molar-refractivity contribution is 7.90. The second-order valence-electron chi connectivity index (χ2n) is 5.21. The fraction of sp³-hybridized carbons (Fsp3) is 0.308. The molecule has 25 heavy (non-hydrogen) atoms. The quantitative estimate of drug-likeness (QED) is 0.632. The molecule has 0 aliphatic carbocycles. The summed E-state index contributed by atoms with van der Waals surface area (Å²) in [6.45, 7) is -0.420. The van der Waals surface area contributed by atoms with Gasteiger partial charge >= 0.3 is 11.9 Å². The van der Waals surface area contributed by atoms with Crippen LogP contribution in [-0.4, -0.2) is 29.4 Å². The number of nitrogens with one attached hydrogen (secondary N) is 1. The Morgan fingerprint density at radius 2 is 2.00 bits per heavy atom. The summed E-state index contributed by atoms with van der Waals surface area (Å²) < 4.78 is 63.1. The predicted molar refractivity (Wildman–Crippen MR) is 81.7 cm³/mol. The van der Waals surface area contributed by atoms with Gasteiger partial charge in [0.15, 0.2) is 15.5 Å². The number of rotatable bonds is 5. The topological polar surface area (TPSA) is 107 Å². The van der Waals surface area contributed by atoms with Crippen LogP contribution in [0.15, 0.2) is 29.3 Å². The first-order valence-corrected chi connectivity index (χ1v) is 8.61. The highest BCUT2D eigenvalue weighted by Crippen LogP contribution is 2.34. The number of alkyl halides is 3. The number of halogens is 3. The molecule has 0 aliphatic heterocycles. The molecule has 1 aromatic heterocycles. The van der Waals surface area contributed by atoms with Gasteiger partial charge in [-0.1, -0.05) is 6.07 Å². The minimum absolute atomic E-state index is 0.204. The monoisotopic (exact) mass is 378 g/mol. The molecule has 1 aromatic carbocycles. The molecule has 0 saturated carbocycles. The van der Waals surface area contributed by atoms with Gasteiger partial charge in [0.25, 0.3) is 0 Å². The van der Waals surface area contributed by atoms with Crippen LogP contribution in [-0.2, 0) is 29.6 Å². The van der Waals surface area contributed by atoms with E-state index in [1.165, 1.54) is 19.2 Å². The lowest BCUT2D eigenvalue weighted by Crippen LogP contribution is -2.12. The number of aromatic nitrogens is 2. The molecule has 12 heteroatoms. The van der Waals surface area contributed by atoms with E-state index in [2.05, 4.69) is 10.4 Å². The third-order valence-corrected chi connectivity index (χ3v) is 4.35. The number of anilines is 1. The molecule has 8 nitrogen and oxygen atoms in total. The Morgan fingerprint density at radius 3 is 2.52 bits per heavy atom. The maximum atomic E-state index is 12.9. The van der Waals surface area contributed by atoms with Crippen LogP contribution in [0, 0.1) is 10.1 Å². The zero-order valence-corrected chi connectivity index (χ0v) is 13.8. The molecule has 2 aromatic rings. The SMILES string of the molecule is Cn1cc(CNc2cccc(S(C)(=O)=O)c2[N+](=O)[O-])c(C(F)(F)F)n1. The van der Waals surface area contributed by atoms with E-state index in [0.29, 0.717) is 0 Å². The lowest BCUT2D eigenvalue weighted by molar-refractivity contribution is -0.386. The molecule has 1 heterocycles. The molecule has 0 atom stereocenters. The van der Waals surface area contributed by atoms with Gasteiger partial charge in [-0.2, -0.15) is 18.3 Å². The Hall–Kier alpha value is -2.63. The van der Waals surface area contributed by atoms with E-state index in [-0.39, 0.29) is 11.3 Å². The molecule has 136 valence electrons. The molecule has 0 aliphatic rings. The van der Waals surface area contributed by atoms with Crippen LogP contribution in [0.5, 0.6) is 0 Å². The maximum absolute atomic E-state index is 12.9. The standard InChI is InChI=1S/C13H13F3N4O4S/c1-19-7-8(12(18-19)13(14,15)16)6-17-9-4-3-5-10(25(2,23)24)11(9)20(21)22/h3-5,7,17H,6H2,1-2H3. The van der Waals surface area contributed by atoms with Crippen molar-refractivity contribution in [2.45, 2.75) is 17.6 Å². The van der Waals surface area contributed by atoms with Crippen molar-refractivity contribution < 1.29 is 26.5 Å². The van der Waals surface area contributed by atoms with Gasteiger partial charge in [-0.15, -0.1) is 0 Å². The van der Waals surface area contributed by atoms with Crippen molar-refractivity contribution in [3.63, 3.8) is 0 Å². The average molecular weight is 378 g/mol. The highest BCUT2D eigenvalue weighted by Gasteiger charge is 2.37. The first-order valence-electron chi connectivity index (χ1n) is 6.72. The molecule has 1 N–H and O–H groups in total. The fourth-order valence-electron chi connectivity index (χ4n) is 2.25. The fourth-order valence-corrected chi connectivity index (χ4v) is 3.11. The van der Waals surface area contributed by atoms with Crippen molar-refractivity contribution in [1.29, 1.82) is 0 Å². The first kappa shape index (κ1) is 18.7. The molecule has 0 unspecified atom stereocenters. The van der Waals surface area contributed by atoms with Crippen LogP contribution < -0.4 is 5.32 Å². The number of hydrogen-bond donors (Lipinski definition) is 1. The summed E-state index contributed by atoms with van der Waals surface area (Å²) in [4.78, 5) is 9.82. The molecule has 0 radical (unpaired) electrons. The second kappa shape index (κ2) is 6.35. The molecule has 0 saturated heterocycles. The third kappa shape index (κ3) is 4.07. The molecule has 0 fully saturated rings. The Labute approximate surface area is 140 Å². The van der Waals surface area contributed by atoms with E-state index in [4.69, 9.17) is 0 Å². The normalized spacial score (nSPS) is 12.2. The molecule has 0 amide bonds. The lowest BCUT2D eigenvalue weighted by Gasteiger charge is -2.10. The number of sulfone groups is 1. The number of nitrogens with zero attached hydrogens (tertiary/aromatic N) is 3. The summed E-state index contributed by atoms with van der Waals surface area (Å²) in [5.41, 5.74) is -2.27. The number of benzene rings is 1. The summed E-state index contributed by atoms with van der Waals surface area (Å²) in [6.07, 6.45) is -2.75. The molecule has 2 rings (SSSR count). The number of hydrogen-bond acceptors (Lipinski definition) is 6. The highest BCUT2D eigenvalue weighted by atomic mass is 32.2. The first-order chi connectivity index (χ1) is 11.4. The van der Waals surface area contributed by atoms with Gasteiger partial charge in [0.2, 0.25) is 0 Å². The lowest BCUT2D eigenvalue weighted by atomic mass is 10.2. The zero-order chi connectivity index (χ0) is 19.0. The van der Waals surface area contributed by atoms with Crippen LogP contribution in [0.3, 0.4) is 0 Å². The van der Waals surface area contributed by atoms with Gasteiger partial charge in [-0.25, -0.2) is 8.42 Å². The second-order valence-corrected chi connectivity index (χ2v) is 7.19. The third-order valence-electron chi connectivity index (χ3n) is 3.22. The van der Waals surface area contributed by atoms with Gasteiger partial charge in [-0.3, -0.25) is 14.8 Å². The van der Waals surface area contributed by atoms with E-state index in [1.807, 2.05) is 0 Å². The predicted octanol–water partition coefficient (Wildman–Crippen LogP) is 2.36. The minimum atomic E-state index is -4.68. The number of nitro groups is 1. The largest absolute Gasteiger partial charge is 0.435 e. The van der Waals surface area contributed by atoms with Gasteiger partial charge < -0.3 is 5.32 Å². The Kier molecular flexibility index (Phi) is 4.75.